The maximum Gasteiger partial charge on any atom is 0.250 e. The molecule has 0 saturated carbocycles. The molecule has 11 heteroatoms. The van der Waals surface area contributed by atoms with Gasteiger partial charge < -0.3 is 4.90 Å². The van der Waals surface area contributed by atoms with Crippen LogP contribution >= 0.6 is 34.3 Å². The Bertz CT molecular complexity index is 1230. The first-order chi connectivity index (χ1) is 13.9. The maximum absolute atomic E-state index is 12.6. The minimum Gasteiger partial charge on any atom is -0.338 e. The number of amides is 1. The third-order valence-corrected chi connectivity index (χ3v) is 8.73. The number of likely N-dealkylation sites (tertiary alicyclic amines) is 1. The van der Waals surface area contributed by atoms with Gasteiger partial charge in [0.05, 0.1) is 16.1 Å². The van der Waals surface area contributed by atoms with E-state index in [4.69, 9.17) is 16.9 Å². The molecule has 0 aliphatic carbocycles. The smallest absolute Gasteiger partial charge is 0.250 e. The van der Waals surface area contributed by atoms with Crippen molar-refractivity contribution in [3.05, 3.63) is 45.2 Å². The minimum absolute atomic E-state index is 0.0488. The first-order valence-electron chi connectivity index (χ1n) is 8.68. The Balaban J connectivity index is 1.40. The third kappa shape index (κ3) is 4.29. The van der Waals surface area contributed by atoms with Gasteiger partial charge >= 0.3 is 0 Å². The fraction of sp³-hybridized carbons (Fsp3) is 0.278. The highest BCUT2D eigenvalue weighted by molar-refractivity contribution is 7.91. The van der Waals surface area contributed by atoms with Gasteiger partial charge in [-0.25, -0.2) is 18.1 Å². The molecule has 1 aliphatic heterocycles. The number of halogens is 1. The van der Waals surface area contributed by atoms with E-state index >= 15 is 0 Å². The molecule has 0 spiro atoms. The number of nitrogens with one attached hydrogen (secondary N) is 1. The summed E-state index contributed by atoms with van der Waals surface area (Å²) in [5.41, 5.74) is 1.44. The van der Waals surface area contributed by atoms with Crippen molar-refractivity contribution < 1.29 is 13.2 Å². The Kier molecular flexibility index (Phi) is 5.59. The molecule has 1 aliphatic rings. The molecule has 150 valence electrons. The molecule has 1 atom stereocenters. The third-order valence-electron chi connectivity index (χ3n) is 4.65. The zero-order valence-electron chi connectivity index (χ0n) is 15.0. The van der Waals surface area contributed by atoms with Crippen LogP contribution in [-0.4, -0.2) is 37.3 Å². The minimum atomic E-state index is -3.74. The number of fused-ring (bicyclic) bond motifs is 1. The van der Waals surface area contributed by atoms with Gasteiger partial charge in [-0.05, 0) is 41.6 Å². The number of hydrogen-bond acceptors (Lipinski definition) is 7. The lowest BCUT2D eigenvalue weighted by Gasteiger charge is -2.16. The van der Waals surface area contributed by atoms with E-state index in [0.29, 0.717) is 35.1 Å². The summed E-state index contributed by atoms with van der Waals surface area (Å²) in [6.07, 6.45) is 0.584. The van der Waals surface area contributed by atoms with Crippen molar-refractivity contribution >= 4 is 60.4 Å². The lowest BCUT2D eigenvalue weighted by atomic mass is 10.1. The number of carbonyl (C=O) groups is 1. The molecule has 1 fully saturated rings. The van der Waals surface area contributed by atoms with E-state index in [1.165, 1.54) is 17.4 Å². The number of pyridine rings is 1. The Hall–Kier alpha value is -2.03. The lowest BCUT2D eigenvalue weighted by Crippen LogP contribution is -2.34. The molecule has 0 bridgehead atoms. The summed E-state index contributed by atoms with van der Waals surface area (Å²) in [7, 11) is -3.74. The van der Waals surface area contributed by atoms with Crippen molar-refractivity contribution in [1.29, 1.82) is 5.26 Å². The van der Waals surface area contributed by atoms with Crippen LogP contribution in [-0.2, 0) is 21.4 Å². The van der Waals surface area contributed by atoms with E-state index in [2.05, 4.69) is 15.8 Å². The molecular formula is C18H15ClN4O3S3. The SMILES string of the molecule is N#Cc1cc(CN2CC[C@@H](CNS(=O)(=O)c3cc4nc(Cl)ccc4s3)C2=O)cs1. The van der Waals surface area contributed by atoms with Crippen LogP contribution in [0.25, 0.3) is 10.2 Å². The van der Waals surface area contributed by atoms with Gasteiger partial charge in [-0.15, -0.1) is 22.7 Å². The quantitative estimate of drug-likeness (QED) is 0.562. The van der Waals surface area contributed by atoms with Crippen molar-refractivity contribution in [2.75, 3.05) is 13.1 Å². The summed E-state index contributed by atoms with van der Waals surface area (Å²) in [5, 5.41) is 11.1. The van der Waals surface area contributed by atoms with Crippen molar-refractivity contribution in [2.45, 2.75) is 17.2 Å². The van der Waals surface area contributed by atoms with Crippen LogP contribution in [0.5, 0.6) is 0 Å². The zero-order valence-corrected chi connectivity index (χ0v) is 18.2. The molecule has 1 amide bonds. The van der Waals surface area contributed by atoms with Crippen LogP contribution in [0.4, 0.5) is 0 Å². The van der Waals surface area contributed by atoms with Gasteiger partial charge in [-0.2, -0.15) is 5.26 Å². The predicted molar refractivity (Wildman–Crippen MR) is 112 cm³/mol. The number of rotatable bonds is 6. The molecule has 3 aromatic heterocycles. The largest absolute Gasteiger partial charge is 0.338 e. The van der Waals surface area contributed by atoms with E-state index < -0.39 is 15.9 Å². The van der Waals surface area contributed by atoms with Gasteiger partial charge in [0.15, 0.2) is 0 Å². The predicted octanol–water partition coefficient (Wildman–Crippen LogP) is 3.21. The molecule has 0 aromatic carbocycles. The van der Waals surface area contributed by atoms with Gasteiger partial charge in [-0.1, -0.05) is 11.6 Å². The fourth-order valence-corrected chi connectivity index (χ4v) is 6.47. The van der Waals surface area contributed by atoms with Crippen LogP contribution < -0.4 is 4.72 Å². The monoisotopic (exact) mass is 466 g/mol. The van der Waals surface area contributed by atoms with Gasteiger partial charge in [0, 0.05) is 19.6 Å². The van der Waals surface area contributed by atoms with Crippen LogP contribution in [0.15, 0.2) is 33.9 Å². The number of nitriles is 1. The van der Waals surface area contributed by atoms with Crippen molar-refractivity contribution in [3.8, 4) is 6.07 Å². The molecule has 4 rings (SSSR count). The second kappa shape index (κ2) is 8.01. The second-order valence-corrected chi connectivity index (χ2v) is 11.0. The normalized spacial score (nSPS) is 17.2. The van der Waals surface area contributed by atoms with Crippen molar-refractivity contribution in [3.63, 3.8) is 0 Å². The van der Waals surface area contributed by atoms with Crippen molar-refractivity contribution in [2.24, 2.45) is 5.92 Å². The Labute approximate surface area is 180 Å². The highest BCUT2D eigenvalue weighted by Gasteiger charge is 2.33. The summed E-state index contributed by atoms with van der Waals surface area (Å²) < 4.78 is 28.7. The standard InChI is InChI=1S/C18H15ClN4O3S3/c19-16-2-1-15-14(22-16)6-17(28-15)29(25,26)21-8-12-3-4-23(18(12)24)9-11-5-13(7-20)27-10-11/h1-2,5-6,10,12,21H,3-4,8-9H2/t12-/m0/s1. The summed E-state index contributed by atoms with van der Waals surface area (Å²) >= 11 is 8.31. The summed E-state index contributed by atoms with van der Waals surface area (Å²) in [6, 6.07) is 8.69. The van der Waals surface area contributed by atoms with E-state index in [0.717, 1.165) is 21.6 Å². The first-order valence-corrected chi connectivity index (χ1v) is 12.2. The highest BCUT2D eigenvalue weighted by atomic mass is 35.5. The Morgan fingerprint density at radius 2 is 2.21 bits per heavy atom. The van der Waals surface area contributed by atoms with Crippen LogP contribution in [0.2, 0.25) is 5.15 Å². The Morgan fingerprint density at radius 3 is 2.97 bits per heavy atom. The molecule has 4 heterocycles. The highest BCUT2D eigenvalue weighted by Crippen LogP contribution is 2.29. The number of nitrogens with zero attached hydrogens (tertiary/aromatic N) is 3. The average molecular weight is 467 g/mol. The van der Waals surface area contributed by atoms with Crippen LogP contribution in [0.1, 0.15) is 16.9 Å². The number of sulfonamides is 1. The topological polar surface area (TPSA) is 103 Å². The van der Waals surface area contributed by atoms with Crippen LogP contribution in [0, 0.1) is 17.2 Å². The van der Waals surface area contributed by atoms with E-state index in [1.54, 1.807) is 23.1 Å². The number of carbonyl (C=O) groups excluding carboxylic acids is 1. The zero-order chi connectivity index (χ0) is 20.6. The molecule has 7 nitrogen and oxygen atoms in total. The van der Waals surface area contributed by atoms with E-state index in [-0.39, 0.29) is 16.7 Å². The second-order valence-electron chi connectivity index (χ2n) is 6.61. The van der Waals surface area contributed by atoms with Gasteiger partial charge in [-0.3, -0.25) is 4.79 Å². The lowest BCUT2D eigenvalue weighted by molar-refractivity contribution is -0.131. The van der Waals surface area contributed by atoms with E-state index in [9.17, 15) is 13.2 Å². The van der Waals surface area contributed by atoms with Crippen molar-refractivity contribution in [1.82, 2.24) is 14.6 Å². The molecular weight excluding hydrogens is 452 g/mol. The molecule has 0 radical (unpaired) electrons. The average Bonchev–Trinajstić information content (AvgIpc) is 3.40. The Morgan fingerprint density at radius 1 is 1.38 bits per heavy atom. The molecule has 3 aromatic rings. The van der Waals surface area contributed by atoms with Gasteiger partial charge in [0.2, 0.25) is 15.9 Å². The summed E-state index contributed by atoms with van der Waals surface area (Å²) in [5.74, 6) is -0.483. The van der Waals surface area contributed by atoms with Gasteiger partial charge in [0.25, 0.3) is 0 Å². The van der Waals surface area contributed by atoms with Crippen LogP contribution in [0.3, 0.4) is 0 Å². The molecule has 29 heavy (non-hydrogen) atoms. The molecule has 0 unspecified atom stereocenters. The summed E-state index contributed by atoms with van der Waals surface area (Å²) in [6.45, 7) is 1.05. The fourth-order valence-electron chi connectivity index (χ4n) is 3.18. The molecule has 1 saturated heterocycles. The van der Waals surface area contributed by atoms with Gasteiger partial charge in [0.1, 0.15) is 20.3 Å². The molecule has 1 N–H and O–H groups in total. The first kappa shape index (κ1) is 20.3. The number of hydrogen-bond donors (Lipinski definition) is 1. The van der Waals surface area contributed by atoms with E-state index in [1.807, 2.05) is 5.38 Å². The number of aromatic nitrogens is 1. The number of thiophene rings is 2. The summed E-state index contributed by atoms with van der Waals surface area (Å²) in [4.78, 5) is 19.1. The maximum atomic E-state index is 12.6.